The first kappa shape index (κ1) is 13.6. The molecular formula is C13H12N4O3S. The van der Waals surface area contributed by atoms with Gasteiger partial charge in [0, 0.05) is 6.42 Å². The van der Waals surface area contributed by atoms with Crippen molar-refractivity contribution in [1.82, 2.24) is 20.2 Å². The van der Waals surface area contributed by atoms with Crippen LogP contribution in [0.25, 0.3) is 10.2 Å². The molecule has 7 nitrogen and oxygen atoms in total. The van der Waals surface area contributed by atoms with Gasteiger partial charge in [-0.2, -0.15) is 0 Å². The number of amides is 3. The van der Waals surface area contributed by atoms with Crippen LogP contribution in [0.15, 0.2) is 18.2 Å². The molecule has 1 saturated heterocycles. The molecule has 2 N–H and O–H groups in total. The number of imide groups is 1. The van der Waals surface area contributed by atoms with E-state index in [-0.39, 0.29) is 24.7 Å². The van der Waals surface area contributed by atoms with E-state index >= 15 is 0 Å². The number of carbonyl (C=O) groups excluding carboxylic acids is 3. The number of hydrogen-bond acceptors (Lipinski definition) is 6. The Morgan fingerprint density at radius 3 is 3.10 bits per heavy atom. The lowest BCUT2D eigenvalue weighted by Gasteiger charge is -2.21. The molecule has 1 unspecified atom stereocenters. The van der Waals surface area contributed by atoms with E-state index in [0.29, 0.717) is 6.42 Å². The summed E-state index contributed by atoms with van der Waals surface area (Å²) < 4.78 is 4.73. The molecule has 0 saturated carbocycles. The number of hydrogen-bond donors (Lipinski definition) is 2. The summed E-state index contributed by atoms with van der Waals surface area (Å²) in [6, 6.07) is 4.85. The number of benzene rings is 1. The minimum atomic E-state index is -0.644. The Labute approximate surface area is 123 Å². The van der Waals surface area contributed by atoms with Gasteiger partial charge in [-0.25, -0.2) is 0 Å². The standard InChI is InChI=1S/C13H12N4O3S/c18-10-5-4-9(13(20)15-10)14-11(19)6-7-2-1-3-8-12(7)21-17-16-8/h1-3,9H,4-6H2,(H,14,19)(H,15,18,20). The lowest BCUT2D eigenvalue weighted by molar-refractivity contribution is -0.137. The van der Waals surface area contributed by atoms with E-state index in [1.54, 1.807) is 0 Å². The maximum absolute atomic E-state index is 12.1. The molecule has 1 aliphatic rings. The fraction of sp³-hybridized carbons (Fsp3) is 0.308. The van der Waals surface area contributed by atoms with Gasteiger partial charge >= 0.3 is 0 Å². The number of piperidine rings is 1. The summed E-state index contributed by atoms with van der Waals surface area (Å²) >= 11 is 1.24. The molecule has 3 amide bonds. The third kappa shape index (κ3) is 2.89. The Morgan fingerprint density at radius 2 is 2.29 bits per heavy atom. The van der Waals surface area contributed by atoms with Crippen LogP contribution in [0.3, 0.4) is 0 Å². The second-order valence-electron chi connectivity index (χ2n) is 4.79. The molecule has 1 aromatic carbocycles. The molecule has 8 heteroatoms. The van der Waals surface area contributed by atoms with Crippen molar-refractivity contribution in [2.24, 2.45) is 0 Å². The fourth-order valence-electron chi connectivity index (χ4n) is 2.25. The first-order chi connectivity index (χ1) is 10.1. The number of fused-ring (bicyclic) bond motifs is 1. The fourth-order valence-corrected chi connectivity index (χ4v) is 2.92. The van der Waals surface area contributed by atoms with Crippen molar-refractivity contribution in [2.45, 2.75) is 25.3 Å². The quantitative estimate of drug-likeness (QED) is 0.786. The summed E-state index contributed by atoms with van der Waals surface area (Å²) in [4.78, 5) is 34.7. The van der Waals surface area contributed by atoms with E-state index in [0.717, 1.165) is 15.8 Å². The SMILES string of the molecule is O=C1CCC(NC(=O)Cc2cccc3nnsc23)C(=O)N1. The van der Waals surface area contributed by atoms with Crippen molar-refractivity contribution in [1.29, 1.82) is 0 Å². The van der Waals surface area contributed by atoms with Gasteiger partial charge in [0.2, 0.25) is 17.7 Å². The van der Waals surface area contributed by atoms with Crippen LogP contribution >= 0.6 is 11.5 Å². The molecule has 0 aliphatic carbocycles. The van der Waals surface area contributed by atoms with E-state index in [1.807, 2.05) is 18.2 Å². The molecule has 2 aromatic rings. The lowest BCUT2D eigenvalue weighted by Crippen LogP contribution is -2.52. The summed E-state index contributed by atoms with van der Waals surface area (Å²) in [6.45, 7) is 0. The number of nitrogens with zero attached hydrogens (tertiary/aromatic N) is 2. The molecule has 0 spiro atoms. The van der Waals surface area contributed by atoms with Crippen LogP contribution in [0.5, 0.6) is 0 Å². The van der Waals surface area contributed by atoms with Gasteiger partial charge in [-0.3, -0.25) is 19.7 Å². The molecule has 21 heavy (non-hydrogen) atoms. The minimum Gasteiger partial charge on any atom is -0.344 e. The number of rotatable bonds is 3. The van der Waals surface area contributed by atoms with E-state index in [1.165, 1.54) is 11.5 Å². The predicted molar refractivity (Wildman–Crippen MR) is 75.4 cm³/mol. The van der Waals surface area contributed by atoms with Gasteiger partial charge in [0.25, 0.3) is 0 Å². The summed E-state index contributed by atoms with van der Waals surface area (Å²) in [7, 11) is 0. The molecule has 0 bridgehead atoms. The van der Waals surface area contributed by atoms with Gasteiger partial charge in [-0.15, -0.1) is 5.10 Å². The van der Waals surface area contributed by atoms with Crippen molar-refractivity contribution >= 4 is 39.5 Å². The van der Waals surface area contributed by atoms with Gasteiger partial charge in [0.1, 0.15) is 11.6 Å². The topological polar surface area (TPSA) is 101 Å². The molecular weight excluding hydrogens is 292 g/mol. The van der Waals surface area contributed by atoms with E-state index in [9.17, 15) is 14.4 Å². The van der Waals surface area contributed by atoms with Crippen LogP contribution in [-0.2, 0) is 20.8 Å². The predicted octanol–water partition coefficient (Wildman–Crippen LogP) is 0.155. The average molecular weight is 304 g/mol. The maximum atomic E-state index is 12.1. The van der Waals surface area contributed by atoms with E-state index < -0.39 is 11.9 Å². The summed E-state index contributed by atoms with van der Waals surface area (Å²) in [6.07, 6.45) is 0.729. The van der Waals surface area contributed by atoms with Crippen molar-refractivity contribution in [3.63, 3.8) is 0 Å². The highest BCUT2D eigenvalue weighted by atomic mass is 32.1. The number of nitrogens with one attached hydrogen (secondary N) is 2. The van der Waals surface area contributed by atoms with Gasteiger partial charge in [-0.1, -0.05) is 16.6 Å². The third-order valence-electron chi connectivity index (χ3n) is 3.28. The van der Waals surface area contributed by atoms with Crippen LogP contribution in [0.2, 0.25) is 0 Å². The zero-order chi connectivity index (χ0) is 14.8. The Bertz CT molecular complexity index is 727. The molecule has 108 valence electrons. The highest BCUT2D eigenvalue weighted by Crippen LogP contribution is 2.20. The molecule has 1 aromatic heterocycles. The molecule has 1 atom stereocenters. The largest absolute Gasteiger partial charge is 0.344 e. The highest BCUT2D eigenvalue weighted by molar-refractivity contribution is 7.13. The zero-order valence-electron chi connectivity index (χ0n) is 11.0. The summed E-state index contributed by atoms with van der Waals surface area (Å²) in [5.41, 5.74) is 1.58. The highest BCUT2D eigenvalue weighted by Gasteiger charge is 2.27. The van der Waals surface area contributed by atoms with Crippen LogP contribution in [-0.4, -0.2) is 33.4 Å². The molecule has 1 aliphatic heterocycles. The first-order valence-corrected chi connectivity index (χ1v) is 7.24. The van der Waals surface area contributed by atoms with Crippen molar-refractivity contribution in [3.8, 4) is 0 Å². The lowest BCUT2D eigenvalue weighted by atomic mass is 10.1. The molecule has 3 rings (SSSR count). The maximum Gasteiger partial charge on any atom is 0.249 e. The smallest absolute Gasteiger partial charge is 0.249 e. The third-order valence-corrected chi connectivity index (χ3v) is 4.10. The van der Waals surface area contributed by atoms with Crippen LogP contribution < -0.4 is 10.6 Å². The Kier molecular flexibility index (Phi) is 3.61. The van der Waals surface area contributed by atoms with Crippen LogP contribution in [0.4, 0.5) is 0 Å². The molecule has 1 fully saturated rings. The van der Waals surface area contributed by atoms with Crippen molar-refractivity contribution in [2.75, 3.05) is 0 Å². The Balaban J connectivity index is 1.68. The summed E-state index contributed by atoms with van der Waals surface area (Å²) in [5.74, 6) is -1.01. The van der Waals surface area contributed by atoms with Crippen LogP contribution in [0, 0.1) is 0 Å². The van der Waals surface area contributed by atoms with Crippen LogP contribution in [0.1, 0.15) is 18.4 Å². The number of carbonyl (C=O) groups is 3. The average Bonchev–Trinajstić information content (AvgIpc) is 2.91. The minimum absolute atomic E-state index is 0.152. The molecule has 0 radical (unpaired) electrons. The number of aromatic nitrogens is 2. The normalized spacial score (nSPS) is 18.6. The second-order valence-corrected chi connectivity index (χ2v) is 5.54. The second kappa shape index (κ2) is 5.57. The van der Waals surface area contributed by atoms with Gasteiger partial charge < -0.3 is 5.32 Å². The summed E-state index contributed by atoms with van der Waals surface area (Å²) in [5, 5.41) is 8.83. The molecule has 2 heterocycles. The van der Waals surface area contributed by atoms with Crippen molar-refractivity contribution < 1.29 is 14.4 Å². The van der Waals surface area contributed by atoms with Gasteiger partial charge in [-0.05, 0) is 29.6 Å². The zero-order valence-corrected chi connectivity index (χ0v) is 11.8. The first-order valence-electron chi connectivity index (χ1n) is 6.46. The Morgan fingerprint density at radius 1 is 1.43 bits per heavy atom. The van der Waals surface area contributed by atoms with E-state index in [4.69, 9.17) is 0 Å². The Hall–Kier alpha value is -2.35. The van der Waals surface area contributed by atoms with Crippen molar-refractivity contribution in [3.05, 3.63) is 23.8 Å². The van der Waals surface area contributed by atoms with Gasteiger partial charge in [0.15, 0.2) is 0 Å². The monoisotopic (exact) mass is 304 g/mol. The van der Waals surface area contributed by atoms with E-state index in [2.05, 4.69) is 20.2 Å². The van der Waals surface area contributed by atoms with Gasteiger partial charge in [0.05, 0.1) is 11.1 Å².